The summed E-state index contributed by atoms with van der Waals surface area (Å²) >= 11 is 8.14. The first-order valence-electron chi connectivity index (χ1n) is 9.32. The second-order valence-electron chi connectivity index (χ2n) is 6.41. The smallest absolute Gasteiger partial charge is 0.475 e. The van der Waals surface area contributed by atoms with E-state index in [4.69, 9.17) is 21.5 Å². The van der Waals surface area contributed by atoms with Crippen LogP contribution < -0.4 is 10.6 Å². The topological polar surface area (TPSA) is 91.3 Å². The Bertz CT molecular complexity index is 898. The van der Waals surface area contributed by atoms with Gasteiger partial charge in [-0.05, 0) is 55.3 Å². The second kappa shape index (κ2) is 11.9. The van der Waals surface area contributed by atoms with E-state index in [0.717, 1.165) is 41.6 Å². The van der Waals surface area contributed by atoms with Crippen molar-refractivity contribution in [3.05, 3.63) is 58.4 Å². The van der Waals surface area contributed by atoms with Crippen LogP contribution in [0, 0.1) is 0 Å². The first-order valence-corrected chi connectivity index (χ1v) is 10.7. The number of nitrogens with one attached hydrogen (secondary N) is 2. The fourth-order valence-corrected chi connectivity index (χ4v) is 4.15. The quantitative estimate of drug-likeness (QED) is 0.452. The molecule has 3 rings (SSSR count). The van der Waals surface area contributed by atoms with Crippen molar-refractivity contribution in [3.8, 4) is 0 Å². The van der Waals surface area contributed by atoms with Gasteiger partial charge in [0.2, 0.25) is 0 Å². The van der Waals surface area contributed by atoms with E-state index in [2.05, 4.69) is 21.7 Å². The predicted molar refractivity (Wildman–Crippen MR) is 113 cm³/mol. The number of amides is 1. The summed E-state index contributed by atoms with van der Waals surface area (Å²) in [6.45, 7) is 2.60. The van der Waals surface area contributed by atoms with Crippen LogP contribution in [-0.4, -0.2) is 53.5 Å². The molecule has 0 aliphatic carbocycles. The molecule has 168 valence electrons. The molecular weight excluding hydrogens is 455 g/mol. The summed E-state index contributed by atoms with van der Waals surface area (Å²) in [5.74, 6) is -2.03. The van der Waals surface area contributed by atoms with Gasteiger partial charge in [-0.3, -0.25) is 9.78 Å². The molecular formula is C20H21ClF3N3O3S. The van der Waals surface area contributed by atoms with Crippen molar-refractivity contribution in [1.29, 1.82) is 0 Å². The van der Waals surface area contributed by atoms with E-state index in [1.54, 1.807) is 36.3 Å². The van der Waals surface area contributed by atoms with Crippen LogP contribution in [0.4, 0.5) is 13.2 Å². The summed E-state index contributed by atoms with van der Waals surface area (Å²) in [5, 5.41) is 14.3. The van der Waals surface area contributed by atoms with Crippen molar-refractivity contribution in [3.63, 3.8) is 0 Å². The highest BCUT2D eigenvalue weighted by atomic mass is 35.5. The van der Waals surface area contributed by atoms with Gasteiger partial charge in [-0.2, -0.15) is 13.2 Å². The van der Waals surface area contributed by atoms with Gasteiger partial charge in [-0.1, -0.05) is 17.7 Å². The highest BCUT2D eigenvalue weighted by Crippen LogP contribution is 2.34. The number of aromatic nitrogens is 1. The molecule has 1 aliphatic rings. The molecule has 6 nitrogen and oxygen atoms in total. The predicted octanol–water partition coefficient (Wildman–Crippen LogP) is 3.58. The lowest BCUT2D eigenvalue weighted by molar-refractivity contribution is -0.192. The van der Waals surface area contributed by atoms with Gasteiger partial charge >= 0.3 is 12.1 Å². The summed E-state index contributed by atoms with van der Waals surface area (Å²) in [5.41, 5.74) is 3.37. The highest BCUT2D eigenvalue weighted by molar-refractivity contribution is 7.99. The lowest BCUT2D eigenvalue weighted by atomic mass is 10.0. The Kier molecular flexibility index (Phi) is 9.60. The first kappa shape index (κ1) is 25.0. The molecule has 0 spiro atoms. The molecule has 31 heavy (non-hydrogen) atoms. The fraction of sp³-hybridized carbons (Fsp3) is 0.350. The van der Waals surface area contributed by atoms with Gasteiger partial charge in [0.15, 0.2) is 0 Å². The lowest BCUT2D eigenvalue weighted by Crippen LogP contribution is -2.25. The van der Waals surface area contributed by atoms with Crippen molar-refractivity contribution in [2.45, 2.75) is 23.9 Å². The molecule has 2 aromatic rings. The molecule has 11 heteroatoms. The molecule has 1 aromatic carbocycles. The standard InChI is InChI=1S/C18H20ClN3OS.C2HF3O2/c19-16-2-1-13-3-7-21-10-6-15(13)17(16)24-12-11-22-18(23)14-4-8-20-9-5-14;3-2(4,5)1(6)7/h1-2,4-5,8-9,21H,3,6-7,10-12H2,(H,22,23);(H,6,7). The van der Waals surface area contributed by atoms with Crippen LogP contribution in [0.5, 0.6) is 0 Å². The van der Waals surface area contributed by atoms with E-state index < -0.39 is 12.1 Å². The maximum absolute atomic E-state index is 12.0. The molecule has 1 aromatic heterocycles. The van der Waals surface area contributed by atoms with Gasteiger partial charge in [-0.25, -0.2) is 4.79 Å². The third-order valence-electron chi connectivity index (χ3n) is 4.25. The molecule has 1 amide bonds. The maximum atomic E-state index is 12.0. The number of alkyl halides is 3. The van der Waals surface area contributed by atoms with Gasteiger partial charge in [0.25, 0.3) is 5.91 Å². The van der Waals surface area contributed by atoms with E-state index in [1.165, 1.54) is 11.1 Å². The number of carbonyl (C=O) groups is 2. The summed E-state index contributed by atoms with van der Waals surface area (Å²) in [6.07, 6.45) is 0.202. The largest absolute Gasteiger partial charge is 0.490 e. The Labute approximate surface area is 186 Å². The van der Waals surface area contributed by atoms with Gasteiger partial charge in [-0.15, -0.1) is 11.8 Å². The average molecular weight is 476 g/mol. The minimum atomic E-state index is -5.08. The van der Waals surface area contributed by atoms with Gasteiger partial charge in [0.1, 0.15) is 0 Å². The summed E-state index contributed by atoms with van der Waals surface area (Å²) < 4.78 is 31.7. The Hall–Kier alpha value is -2.30. The number of fused-ring (bicyclic) bond motifs is 1. The number of hydrogen-bond acceptors (Lipinski definition) is 5. The maximum Gasteiger partial charge on any atom is 0.490 e. The number of carboxylic acids is 1. The summed E-state index contributed by atoms with van der Waals surface area (Å²) in [7, 11) is 0. The summed E-state index contributed by atoms with van der Waals surface area (Å²) in [4.78, 5) is 26.0. The Balaban J connectivity index is 0.000000423. The highest BCUT2D eigenvalue weighted by Gasteiger charge is 2.38. The molecule has 3 N–H and O–H groups in total. The fourth-order valence-electron chi connectivity index (χ4n) is 2.79. The van der Waals surface area contributed by atoms with Crippen molar-refractivity contribution in [2.24, 2.45) is 0 Å². The van der Waals surface area contributed by atoms with E-state index in [-0.39, 0.29) is 5.91 Å². The van der Waals surface area contributed by atoms with E-state index in [1.807, 2.05) is 6.07 Å². The number of rotatable bonds is 5. The molecule has 0 fully saturated rings. The molecule has 1 aliphatic heterocycles. The number of thioether (sulfide) groups is 1. The average Bonchev–Trinajstić information content (AvgIpc) is 2.98. The van der Waals surface area contributed by atoms with Crippen LogP contribution in [-0.2, 0) is 17.6 Å². The van der Waals surface area contributed by atoms with Crippen LogP contribution in [0.25, 0.3) is 0 Å². The van der Waals surface area contributed by atoms with Gasteiger partial charge in [0, 0.05) is 35.2 Å². The van der Waals surface area contributed by atoms with Gasteiger partial charge < -0.3 is 15.7 Å². The Morgan fingerprint density at radius 3 is 2.45 bits per heavy atom. The number of pyridine rings is 1. The van der Waals surface area contributed by atoms with E-state index >= 15 is 0 Å². The molecule has 0 radical (unpaired) electrons. The van der Waals surface area contributed by atoms with Crippen molar-refractivity contribution in [2.75, 3.05) is 25.4 Å². The number of hydrogen-bond donors (Lipinski definition) is 3. The third kappa shape index (κ3) is 8.04. The number of carboxylic acid groups (broad SMARTS) is 1. The zero-order valence-corrected chi connectivity index (χ0v) is 17.9. The Morgan fingerprint density at radius 1 is 1.16 bits per heavy atom. The zero-order chi connectivity index (χ0) is 22.9. The molecule has 0 saturated carbocycles. The van der Waals surface area contributed by atoms with Gasteiger partial charge in [0.05, 0.1) is 5.02 Å². The monoisotopic (exact) mass is 475 g/mol. The van der Waals surface area contributed by atoms with Crippen molar-refractivity contribution < 1.29 is 27.9 Å². The zero-order valence-electron chi connectivity index (χ0n) is 16.3. The minimum absolute atomic E-state index is 0.0693. The first-order chi connectivity index (χ1) is 14.7. The van der Waals surface area contributed by atoms with E-state index in [0.29, 0.717) is 12.1 Å². The Morgan fingerprint density at radius 2 is 1.81 bits per heavy atom. The van der Waals surface area contributed by atoms with Crippen LogP contribution >= 0.6 is 23.4 Å². The van der Waals surface area contributed by atoms with E-state index in [9.17, 15) is 18.0 Å². The number of nitrogens with zero attached hydrogens (tertiary/aromatic N) is 1. The number of aliphatic carboxylic acids is 1. The van der Waals surface area contributed by atoms with Crippen LogP contribution in [0.15, 0.2) is 41.6 Å². The number of halogens is 4. The van der Waals surface area contributed by atoms with Crippen LogP contribution in [0.2, 0.25) is 5.02 Å². The van der Waals surface area contributed by atoms with Crippen LogP contribution in [0.3, 0.4) is 0 Å². The molecule has 0 saturated heterocycles. The number of benzene rings is 1. The normalized spacial score (nSPS) is 13.3. The number of carbonyl (C=O) groups excluding carboxylic acids is 1. The van der Waals surface area contributed by atoms with Crippen LogP contribution in [0.1, 0.15) is 21.5 Å². The van der Waals surface area contributed by atoms with Crippen molar-refractivity contribution in [1.82, 2.24) is 15.6 Å². The second-order valence-corrected chi connectivity index (χ2v) is 7.92. The SMILES string of the molecule is O=C(NCCSc1c(Cl)ccc2c1CCNCC2)c1ccncc1.O=C(O)C(F)(F)F. The summed E-state index contributed by atoms with van der Waals surface area (Å²) in [6, 6.07) is 7.55. The lowest BCUT2D eigenvalue weighted by Gasteiger charge is -2.14. The molecule has 2 heterocycles. The van der Waals surface area contributed by atoms with Crippen molar-refractivity contribution >= 4 is 35.2 Å². The third-order valence-corrected chi connectivity index (χ3v) is 5.84. The minimum Gasteiger partial charge on any atom is -0.475 e. The molecule has 0 bridgehead atoms. The molecule has 0 unspecified atom stereocenters. The molecule has 0 atom stereocenters.